The Hall–Kier alpha value is -8.13. The summed E-state index contributed by atoms with van der Waals surface area (Å²) in [6.45, 7) is 4.68. The van der Waals surface area contributed by atoms with Crippen molar-refractivity contribution in [3.63, 3.8) is 0 Å². The fourth-order valence-corrected chi connectivity index (χ4v) is 9.99. The van der Waals surface area contributed by atoms with Crippen LogP contribution in [-0.2, 0) is 5.41 Å². The van der Waals surface area contributed by atoms with Gasteiger partial charge in [0.2, 0.25) is 0 Å². The van der Waals surface area contributed by atoms with Crippen molar-refractivity contribution in [3.05, 3.63) is 211 Å². The molecule has 11 aromatic rings. The Morgan fingerprint density at radius 3 is 1.87 bits per heavy atom. The first kappa shape index (κ1) is 35.8. The van der Waals surface area contributed by atoms with Gasteiger partial charge in [0.25, 0.3) is 0 Å². The van der Waals surface area contributed by atoms with Crippen LogP contribution < -0.4 is 0 Å². The van der Waals surface area contributed by atoms with E-state index in [2.05, 4.69) is 200 Å². The quantitative estimate of drug-likeness (QED) is 0.174. The van der Waals surface area contributed by atoms with Gasteiger partial charge in [-0.1, -0.05) is 153 Å². The maximum absolute atomic E-state index is 10.0. The van der Waals surface area contributed by atoms with E-state index in [1.54, 1.807) is 0 Å². The van der Waals surface area contributed by atoms with E-state index >= 15 is 0 Å². The average molecular weight is 791 g/mol. The molecule has 0 atom stereocenters. The lowest BCUT2D eigenvalue weighted by atomic mass is 9.82. The molecule has 0 bridgehead atoms. The van der Waals surface area contributed by atoms with Crippen molar-refractivity contribution in [1.29, 1.82) is 5.26 Å². The zero-order valence-corrected chi connectivity index (χ0v) is 34.3. The number of benzene rings is 9. The molecular weight excluding hydrogens is 753 g/mol. The molecule has 1 aliphatic rings. The van der Waals surface area contributed by atoms with Gasteiger partial charge in [-0.15, -0.1) is 0 Å². The Bertz CT molecular complexity index is 3590. The first-order chi connectivity index (χ1) is 30.4. The Labute approximate surface area is 359 Å². The molecular formula is C58H38N4. The zero-order chi connectivity index (χ0) is 41.5. The minimum atomic E-state index is -0.164. The topological polar surface area (TPSA) is 54.5 Å². The summed E-state index contributed by atoms with van der Waals surface area (Å²) >= 11 is 0. The second-order valence-corrected chi connectivity index (χ2v) is 16.9. The highest BCUT2D eigenvalue weighted by Gasteiger charge is 2.36. The van der Waals surface area contributed by atoms with E-state index in [9.17, 15) is 5.26 Å². The molecule has 0 fully saturated rings. The summed E-state index contributed by atoms with van der Waals surface area (Å²) in [5, 5.41) is 17.0. The number of hydrogen-bond donors (Lipinski definition) is 0. The van der Waals surface area contributed by atoms with E-state index in [-0.39, 0.29) is 5.41 Å². The lowest BCUT2D eigenvalue weighted by Gasteiger charge is -2.22. The molecule has 1 aliphatic carbocycles. The van der Waals surface area contributed by atoms with Gasteiger partial charge in [0, 0.05) is 38.6 Å². The van der Waals surface area contributed by atoms with Crippen LogP contribution in [0.2, 0.25) is 0 Å². The largest absolute Gasteiger partial charge is 0.309 e. The molecule has 4 heteroatoms. The second kappa shape index (κ2) is 13.7. The minimum Gasteiger partial charge on any atom is -0.309 e. The smallest absolute Gasteiger partial charge is 0.161 e. The molecule has 0 aliphatic heterocycles. The number of rotatable bonds is 5. The number of nitriles is 1. The lowest BCUT2D eigenvalue weighted by Crippen LogP contribution is -2.15. The first-order valence-corrected chi connectivity index (χ1v) is 21.1. The van der Waals surface area contributed by atoms with Gasteiger partial charge in [0.1, 0.15) is 0 Å². The molecule has 9 aromatic carbocycles. The van der Waals surface area contributed by atoms with Crippen LogP contribution >= 0.6 is 0 Å². The van der Waals surface area contributed by atoms with Crippen molar-refractivity contribution in [2.24, 2.45) is 0 Å². The van der Waals surface area contributed by atoms with Crippen molar-refractivity contribution >= 4 is 43.4 Å². The van der Waals surface area contributed by atoms with Gasteiger partial charge < -0.3 is 4.57 Å². The molecule has 2 aromatic heterocycles. The summed E-state index contributed by atoms with van der Waals surface area (Å²) in [4.78, 5) is 10.8. The molecule has 0 saturated carbocycles. The number of nitrogens with zero attached hydrogens (tertiary/aromatic N) is 4. The highest BCUT2D eigenvalue weighted by atomic mass is 15.0. The lowest BCUT2D eigenvalue weighted by molar-refractivity contribution is 0.661. The number of para-hydroxylation sites is 1. The average Bonchev–Trinajstić information content (AvgIpc) is 3.77. The highest BCUT2D eigenvalue weighted by molar-refractivity contribution is 6.12. The molecule has 62 heavy (non-hydrogen) atoms. The predicted octanol–water partition coefficient (Wildman–Crippen LogP) is 14.7. The van der Waals surface area contributed by atoms with Crippen molar-refractivity contribution in [3.8, 4) is 67.9 Å². The van der Waals surface area contributed by atoms with Crippen LogP contribution in [0.3, 0.4) is 0 Å². The van der Waals surface area contributed by atoms with E-state index in [4.69, 9.17) is 9.97 Å². The summed E-state index contributed by atoms with van der Waals surface area (Å²) in [5.41, 5.74) is 15.6. The zero-order valence-electron chi connectivity index (χ0n) is 34.3. The minimum absolute atomic E-state index is 0.164. The number of aromatic nitrogens is 3. The van der Waals surface area contributed by atoms with Crippen LogP contribution in [0.15, 0.2) is 194 Å². The number of hydrogen-bond acceptors (Lipinski definition) is 3. The molecule has 2 heterocycles. The summed E-state index contributed by atoms with van der Waals surface area (Å²) in [5.74, 6) is 0.662. The van der Waals surface area contributed by atoms with Gasteiger partial charge in [-0.2, -0.15) is 5.26 Å². The molecule has 4 nitrogen and oxygen atoms in total. The van der Waals surface area contributed by atoms with Crippen molar-refractivity contribution in [2.75, 3.05) is 0 Å². The third kappa shape index (κ3) is 5.52. The fraction of sp³-hybridized carbons (Fsp3) is 0.0517. The molecule has 0 N–H and O–H groups in total. The number of fused-ring (bicyclic) bond motifs is 8. The fourth-order valence-electron chi connectivity index (χ4n) is 9.99. The summed E-state index contributed by atoms with van der Waals surface area (Å²) in [7, 11) is 0. The van der Waals surface area contributed by atoms with E-state index < -0.39 is 0 Å². The molecule has 0 amide bonds. The van der Waals surface area contributed by atoms with Crippen LogP contribution in [0.25, 0.3) is 105 Å². The Morgan fingerprint density at radius 2 is 1.06 bits per heavy atom. The van der Waals surface area contributed by atoms with Crippen molar-refractivity contribution in [2.45, 2.75) is 19.3 Å². The van der Waals surface area contributed by atoms with E-state index in [0.717, 1.165) is 77.5 Å². The van der Waals surface area contributed by atoms with Gasteiger partial charge in [0.15, 0.2) is 5.82 Å². The Balaban J connectivity index is 1.16. The monoisotopic (exact) mass is 790 g/mol. The first-order valence-electron chi connectivity index (χ1n) is 21.1. The molecule has 0 radical (unpaired) electrons. The predicted molar refractivity (Wildman–Crippen MR) is 255 cm³/mol. The van der Waals surface area contributed by atoms with Gasteiger partial charge in [-0.25, -0.2) is 9.97 Å². The van der Waals surface area contributed by atoms with Crippen molar-refractivity contribution < 1.29 is 0 Å². The van der Waals surface area contributed by atoms with Gasteiger partial charge in [0.05, 0.1) is 34.1 Å². The summed E-state index contributed by atoms with van der Waals surface area (Å²) in [6.07, 6.45) is 0. The van der Waals surface area contributed by atoms with Crippen LogP contribution in [0, 0.1) is 11.3 Å². The van der Waals surface area contributed by atoms with Crippen molar-refractivity contribution in [1.82, 2.24) is 14.5 Å². The van der Waals surface area contributed by atoms with E-state index in [1.165, 1.54) is 33.0 Å². The molecule has 12 rings (SSSR count). The van der Waals surface area contributed by atoms with Crippen LogP contribution in [0.5, 0.6) is 0 Å². The molecule has 290 valence electrons. The Kier molecular flexibility index (Phi) is 7.91. The molecule has 0 spiro atoms. The second-order valence-electron chi connectivity index (χ2n) is 16.9. The Morgan fingerprint density at radius 1 is 0.435 bits per heavy atom. The van der Waals surface area contributed by atoms with Gasteiger partial charge in [-0.05, 0) is 110 Å². The van der Waals surface area contributed by atoms with Crippen LogP contribution in [0.4, 0.5) is 0 Å². The normalized spacial score (nSPS) is 12.8. The van der Waals surface area contributed by atoms with Gasteiger partial charge in [-0.3, -0.25) is 0 Å². The third-order valence-electron chi connectivity index (χ3n) is 13.0. The van der Waals surface area contributed by atoms with Crippen LogP contribution in [0.1, 0.15) is 30.5 Å². The maximum Gasteiger partial charge on any atom is 0.161 e. The molecule has 0 saturated heterocycles. The highest BCUT2D eigenvalue weighted by Crippen LogP contribution is 2.51. The van der Waals surface area contributed by atoms with Crippen LogP contribution in [-0.4, -0.2) is 14.5 Å². The summed E-state index contributed by atoms with van der Waals surface area (Å²) < 4.78 is 2.42. The van der Waals surface area contributed by atoms with E-state index in [0.29, 0.717) is 11.4 Å². The van der Waals surface area contributed by atoms with E-state index in [1.807, 2.05) is 18.2 Å². The van der Waals surface area contributed by atoms with Gasteiger partial charge >= 0.3 is 0 Å². The standard InChI is InChI=1S/C58H38N4/c1-58(2)51-26-9-7-22-45(51)49-32-50-47-23-8-10-27-55(47)62(56(50)33-52(49)58)42-30-40(39-19-11-14-36(28-39)35-59)29-41(31-42)53-34-54(46-24-12-17-37-15-3-5-20-43(37)46)61-57(60-53)48-25-13-18-38-16-4-6-21-44(38)48/h3-34H,1-2H3. The third-order valence-corrected chi connectivity index (χ3v) is 13.0. The summed E-state index contributed by atoms with van der Waals surface area (Å²) in [6, 6.07) is 71.3. The molecule has 0 unspecified atom stereocenters. The SMILES string of the molecule is CC1(C)c2ccccc2-c2cc3c4ccccc4n(-c4cc(-c5cccc(C#N)c5)cc(-c5cc(-c6cccc7ccccc67)nc(-c6cccc7ccccc67)n5)c4)c3cc21. The maximum atomic E-state index is 10.0.